The molecule has 0 fully saturated rings. The van der Waals surface area contributed by atoms with E-state index in [4.69, 9.17) is 9.84 Å². The lowest BCUT2D eigenvalue weighted by atomic mass is 10.2. The minimum absolute atomic E-state index is 0.224. The van der Waals surface area contributed by atoms with Gasteiger partial charge in [-0.3, -0.25) is 0 Å². The Kier molecular flexibility index (Phi) is 5.69. The molecule has 0 amide bonds. The van der Waals surface area contributed by atoms with Gasteiger partial charge in [0, 0.05) is 4.47 Å². The van der Waals surface area contributed by atoms with Gasteiger partial charge in [-0.25, -0.2) is 4.79 Å². The van der Waals surface area contributed by atoms with Crippen LogP contribution in [0.5, 0.6) is 5.75 Å². The van der Waals surface area contributed by atoms with Gasteiger partial charge in [-0.2, -0.15) is 11.8 Å². The molecule has 0 atom stereocenters. The van der Waals surface area contributed by atoms with Gasteiger partial charge in [-0.15, -0.1) is 0 Å². The molecule has 1 aromatic rings. The van der Waals surface area contributed by atoms with Crippen LogP contribution in [0.3, 0.4) is 0 Å². The third-order valence-corrected chi connectivity index (χ3v) is 3.32. The highest BCUT2D eigenvalue weighted by Crippen LogP contribution is 2.22. The second-order valence-electron chi connectivity index (χ2n) is 3.14. The molecule has 0 saturated carbocycles. The number of benzene rings is 1. The number of rotatable bonds is 6. The van der Waals surface area contributed by atoms with E-state index in [-0.39, 0.29) is 5.56 Å². The summed E-state index contributed by atoms with van der Waals surface area (Å²) in [5, 5.41) is 8.91. The molecule has 88 valence electrons. The fourth-order valence-electron chi connectivity index (χ4n) is 1.15. The summed E-state index contributed by atoms with van der Waals surface area (Å²) in [6, 6.07) is 4.98. The van der Waals surface area contributed by atoms with E-state index in [0.717, 1.165) is 12.2 Å². The molecule has 5 heteroatoms. The van der Waals surface area contributed by atoms with Crippen LogP contribution in [-0.4, -0.2) is 29.7 Å². The Morgan fingerprint density at radius 1 is 1.56 bits per heavy atom. The lowest BCUT2D eigenvalue weighted by Gasteiger charge is -2.07. The van der Waals surface area contributed by atoms with Gasteiger partial charge >= 0.3 is 5.97 Å². The van der Waals surface area contributed by atoms with Gasteiger partial charge in [0.2, 0.25) is 0 Å². The average Bonchev–Trinajstić information content (AvgIpc) is 2.26. The number of aromatic carboxylic acids is 1. The summed E-state index contributed by atoms with van der Waals surface area (Å²) in [5.41, 5.74) is 0.224. The van der Waals surface area contributed by atoms with Crippen LogP contribution >= 0.6 is 27.7 Å². The maximum atomic E-state index is 10.9. The molecular formula is C11H13BrO3S. The third-order valence-electron chi connectivity index (χ3n) is 1.93. The molecule has 0 aliphatic rings. The molecule has 0 radical (unpaired) electrons. The Balaban J connectivity index is 2.61. The first kappa shape index (κ1) is 13.4. The molecule has 0 heterocycles. The van der Waals surface area contributed by atoms with E-state index >= 15 is 0 Å². The smallest absolute Gasteiger partial charge is 0.336 e. The largest absolute Gasteiger partial charge is 0.494 e. The standard InChI is InChI=1S/C11H13BrO3S/c1-16-6-2-5-15-8-3-4-10(12)9(7-8)11(13)14/h3-4,7H,2,5-6H2,1H3,(H,13,14). The van der Waals surface area contributed by atoms with Crippen molar-refractivity contribution in [1.82, 2.24) is 0 Å². The van der Waals surface area contributed by atoms with Crippen molar-refractivity contribution >= 4 is 33.7 Å². The van der Waals surface area contributed by atoms with Crippen LogP contribution in [0.15, 0.2) is 22.7 Å². The highest BCUT2D eigenvalue weighted by Gasteiger charge is 2.09. The van der Waals surface area contributed by atoms with Crippen LogP contribution < -0.4 is 4.74 Å². The van der Waals surface area contributed by atoms with Crippen LogP contribution in [0.1, 0.15) is 16.8 Å². The number of hydrogen-bond donors (Lipinski definition) is 1. The van der Waals surface area contributed by atoms with E-state index < -0.39 is 5.97 Å². The highest BCUT2D eigenvalue weighted by molar-refractivity contribution is 9.10. The molecule has 3 nitrogen and oxygen atoms in total. The summed E-state index contributed by atoms with van der Waals surface area (Å²) >= 11 is 4.95. The van der Waals surface area contributed by atoms with Crippen LogP contribution in [0.4, 0.5) is 0 Å². The summed E-state index contributed by atoms with van der Waals surface area (Å²) in [4.78, 5) is 10.9. The Morgan fingerprint density at radius 3 is 2.94 bits per heavy atom. The normalized spacial score (nSPS) is 10.1. The molecular weight excluding hydrogens is 292 g/mol. The van der Waals surface area contributed by atoms with E-state index in [1.165, 1.54) is 6.07 Å². The van der Waals surface area contributed by atoms with Crippen molar-refractivity contribution in [3.8, 4) is 5.75 Å². The van der Waals surface area contributed by atoms with Crippen molar-refractivity contribution < 1.29 is 14.6 Å². The number of hydrogen-bond acceptors (Lipinski definition) is 3. The fourth-order valence-corrected chi connectivity index (χ4v) is 1.97. The second-order valence-corrected chi connectivity index (χ2v) is 4.98. The zero-order chi connectivity index (χ0) is 12.0. The Labute approximate surface area is 107 Å². The van der Waals surface area contributed by atoms with Crippen molar-refractivity contribution in [3.63, 3.8) is 0 Å². The number of ether oxygens (including phenoxy) is 1. The first-order chi connectivity index (χ1) is 7.65. The highest BCUT2D eigenvalue weighted by atomic mass is 79.9. The minimum Gasteiger partial charge on any atom is -0.494 e. The predicted octanol–water partition coefficient (Wildman–Crippen LogP) is 3.28. The summed E-state index contributed by atoms with van der Waals surface area (Å²) in [6.45, 7) is 0.613. The van der Waals surface area contributed by atoms with Gasteiger partial charge in [0.15, 0.2) is 0 Å². The number of halogens is 1. The van der Waals surface area contributed by atoms with Crippen molar-refractivity contribution in [2.45, 2.75) is 6.42 Å². The van der Waals surface area contributed by atoms with Crippen molar-refractivity contribution in [2.75, 3.05) is 18.6 Å². The maximum Gasteiger partial charge on any atom is 0.336 e. The van der Waals surface area contributed by atoms with Crippen molar-refractivity contribution in [3.05, 3.63) is 28.2 Å². The van der Waals surface area contributed by atoms with Crippen molar-refractivity contribution in [2.24, 2.45) is 0 Å². The SMILES string of the molecule is CSCCCOc1ccc(Br)c(C(=O)O)c1. The Bertz CT molecular complexity index is 368. The molecule has 16 heavy (non-hydrogen) atoms. The molecule has 1 aromatic carbocycles. The van der Waals surface area contributed by atoms with Crippen molar-refractivity contribution in [1.29, 1.82) is 0 Å². The van der Waals surface area contributed by atoms with Gasteiger partial charge in [-0.1, -0.05) is 0 Å². The quantitative estimate of drug-likeness (QED) is 0.819. The van der Waals surface area contributed by atoms with E-state index in [1.807, 2.05) is 6.26 Å². The van der Waals surface area contributed by atoms with Gasteiger partial charge < -0.3 is 9.84 Å². The lowest BCUT2D eigenvalue weighted by Crippen LogP contribution is -2.02. The van der Waals surface area contributed by atoms with Gasteiger partial charge in [0.1, 0.15) is 5.75 Å². The number of carbonyl (C=O) groups is 1. The third kappa shape index (κ3) is 4.06. The van der Waals surface area contributed by atoms with Gasteiger partial charge in [-0.05, 0) is 52.6 Å². The molecule has 0 bridgehead atoms. The maximum absolute atomic E-state index is 10.9. The Hall–Kier alpha value is -0.680. The molecule has 0 saturated heterocycles. The van der Waals surface area contributed by atoms with Crippen LogP contribution in [0.2, 0.25) is 0 Å². The average molecular weight is 305 g/mol. The van der Waals surface area contributed by atoms with E-state index in [1.54, 1.807) is 23.9 Å². The summed E-state index contributed by atoms with van der Waals surface area (Å²) < 4.78 is 6.02. The molecule has 0 unspecified atom stereocenters. The predicted molar refractivity (Wildman–Crippen MR) is 69.6 cm³/mol. The number of thioether (sulfide) groups is 1. The second kappa shape index (κ2) is 6.81. The summed E-state index contributed by atoms with van der Waals surface area (Å²) in [7, 11) is 0. The summed E-state index contributed by atoms with van der Waals surface area (Å²) in [6.07, 6.45) is 3.00. The molecule has 0 aliphatic heterocycles. The lowest BCUT2D eigenvalue weighted by molar-refractivity contribution is 0.0695. The molecule has 0 aromatic heterocycles. The zero-order valence-electron chi connectivity index (χ0n) is 8.90. The van der Waals surface area contributed by atoms with Gasteiger partial charge in [0.05, 0.1) is 12.2 Å². The zero-order valence-corrected chi connectivity index (χ0v) is 11.3. The topological polar surface area (TPSA) is 46.5 Å². The first-order valence-corrected chi connectivity index (χ1v) is 6.98. The number of carboxylic acid groups (broad SMARTS) is 1. The van der Waals surface area contributed by atoms with Crippen LogP contribution in [-0.2, 0) is 0 Å². The van der Waals surface area contributed by atoms with E-state index in [0.29, 0.717) is 16.8 Å². The monoisotopic (exact) mass is 304 g/mol. The molecule has 1 N–H and O–H groups in total. The Morgan fingerprint density at radius 2 is 2.31 bits per heavy atom. The molecule has 0 aliphatic carbocycles. The molecule has 1 rings (SSSR count). The first-order valence-electron chi connectivity index (χ1n) is 4.79. The fraction of sp³-hybridized carbons (Fsp3) is 0.364. The van der Waals surface area contributed by atoms with Gasteiger partial charge in [0.25, 0.3) is 0 Å². The van der Waals surface area contributed by atoms with Crippen LogP contribution in [0, 0.1) is 0 Å². The minimum atomic E-state index is -0.957. The van der Waals surface area contributed by atoms with E-state index in [9.17, 15) is 4.79 Å². The summed E-state index contributed by atoms with van der Waals surface area (Å²) in [5.74, 6) is 0.686. The molecule has 0 spiro atoms. The number of carboxylic acids is 1. The van der Waals surface area contributed by atoms with E-state index in [2.05, 4.69) is 15.9 Å². The van der Waals surface area contributed by atoms with Crippen LogP contribution in [0.25, 0.3) is 0 Å².